The van der Waals surface area contributed by atoms with Gasteiger partial charge >= 0.3 is 5.97 Å². The van der Waals surface area contributed by atoms with E-state index in [0.717, 1.165) is 11.3 Å². The zero-order valence-corrected chi connectivity index (χ0v) is 14.8. The Morgan fingerprint density at radius 2 is 1.81 bits per heavy atom. The number of carbonyl (C=O) groups excluding carboxylic acids is 3. The maximum Gasteiger partial charge on any atom is 0.305 e. The Balaban J connectivity index is 1.91. The minimum Gasteiger partial charge on any atom is -0.481 e. The number of hydrogen-bond donors (Lipinski definition) is 4. The Morgan fingerprint density at radius 1 is 1.11 bits per heavy atom. The fourth-order valence-electron chi connectivity index (χ4n) is 2.46. The van der Waals surface area contributed by atoms with Crippen LogP contribution in [-0.4, -0.2) is 46.2 Å². The SMILES string of the molecule is C[C@H](NC(=O)c1ccc(Cc2ccccc2)[nH]1)C(=O)NC(C=O)CC(=O)O. The van der Waals surface area contributed by atoms with Crippen molar-refractivity contribution in [3.63, 3.8) is 0 Å². The van der Waals surface area contributed by atoms with Crippen LogP contribution in [0.5, 0.6) is 0 Å². The summed E-state index contributed by atoms with van der Waals surface area (Å²) in [6.45, 7) is 1.45. The van der Waals surface area contributed by atoms with E-state index in [1.165, 1.54) is 6.92 Å². The molecule has 8 nitrogen and oxygen atoms in total. The fourth-order valence-corrected chi connectivity index (χ4v) is 2.46. The van der Waals surface area contributed by atoms with Crippen molar-refractivity contribution in [3.05, 3.63) is 59.4 Å². The Bertz CT molecular complexity index is 816. The van der Waals surface area contributed by atoms with E-state index in [0.29, 0.717) is 18.4 Å². The van der Waals surface area contributed by atoms with Crippen molar-refractivity contribution in [2.75, 3.05) is 0 Å². The van der Waals surface area contributed by atoms with Crippen LogP contribution in [0, 0.1) is 0 Å². The van der Waals surface area contributed by atoms with Crippen molar-refractivity contribution in [1.82, 2.24) is 15.6 Å². The maximum absolute atomic E-state index is 12.3. The first-order chi connectivity index (χ1) is 12.9. The van der Waals surface area contributed by atoms with Crippen LogP contribution >= 0.6 is 0 Å². The van der Waals surface area contributed by atoms with Crippen molar-refractivity contribution in [3.8, 4) is 0 Å². The van der Waals surface area contributed by atoms with Gasteiger partial charge in [-0.2, -0.15) is 0 Å². The van der Waals surface area contributed by atoms with Crippen LogP contribution in [0.3, 0.4) is 0 Å². The summed E-state index contributed by atoms with van der Waals surface area (Å²) in [6.07, 6.45) is 0.469. The molecular formula is C19H21N3O5. The average Bonchev–Trinajstić information content (AvgIpc) is 3.10. The highest BCUT2D eigenvalue weighted by Gasteiger charge is 2.21. The van der Waals surface area contributed by atoms with Crippen molar-refractivity contribution in [2.24, 2.45) is 0 Å². The molecule has 2 amide bonds. The van der Waals surface area contributed by atoms with Crippen LogP contribution in [-0.2, 0) is 20.8 Å². The van der Waals surface area contributed by atoms with Gasteiger partial charge in [-0.1, -0.05) is 30.3 Å². The average molecular weight is 371 g/mol. The van der Waals surface area contributed by atoms with E-state index in [9.17, 15) is 19.2 Å². The lowest BCUT2D eigenvalue weighted by molar-refractivity contribution is -0.138. The summed E-state index contributed by atoms with van der Waals surface area (Å²) in [5, 5.41) is 13.5. The number of aromatic nitrogens is 1. The molecule has 1 aromatic heterocycles. The van der Waals surface area contributed by atoms with Gasteiger partial charge in [0.1, 0.15) is 18.0 Å². The lowest BCUT2D eigenvalue weighted by Crippen LogP contribution is -2.49. The van der Waals surface area contributed by atoms with Crippen LogP contribution in [0.4, 0.5) is 0 Å². The molecule has 2 rings (SSSR count). The molecule has 0 aliphatic carbocycles. The summed E-state index contributed by atoms with van der Waals surface area (Å²) >= 11 is 0. The summed E-state index contributed by atoms with van der Waals surface area (Å²) in [5.74, 6) is -2.32. The Kier molecular flexibility index (Phi) is 6.87. The molecule has 0 saturated heterocycles. The van der Waals surface area contributed by atoms with E-state index in [2.05, 4.69) is 15.6 Å². The monoisotopic (exact) mass is 371 g/mol. The first-order valence-corrected chi connectivity index (χ1v) is 8.39. The van der Waals surface area contributed by atoms with Gasteiger partial charge in [0, 0.05) is 12.1 Å². The number of hydrogen-bond acceptors (Lipinski definition) is 4. The van der Waals surface area contributed by atoms with Crippen LogP contribution in [0.2, 0.25) is 0 Å². The molecule has 0 saturated carbocycles. The summed E-state index contributed by atoms with van der Waals surface area (Å²) in [7, 11) is 0. The maximum atomic E-state index is 12.3. The largest absolute Gasteiger partial charge is 0.481 e. The van der Waals surface area contributed by atoms with Gasteiger partial charge in [-0.15, -0.1) is 0 Å². The number of aldehydes is 1. The second-order valence-electron chi connectivity index (χ2n) is 6.10. The fraction of sp³-hybridized carbons (Fsp3) is 0.263. The predicted octanol–water partition coefficient (Wildman–Crippen LogP) is 0.882. The number of aliphatic carboxylic acids is 1. The highest BCUT2D eigenvalue weighted by atomic mass is 16.4. The van der Waals surface area contributed by atoms with Gasteiger partial charge in [0.25, 0.3) is 5.91 Å². The molecule has 1 unspecified atom stereocenters. The minimum atomic E-state index is -1.21. The first kappa shape index (κ1) is 19.9. The van der Waals surface area contributed by atoms with Gasteiger partial charge in [-0.25, -0.2) is 0 Å². The van der Waals surface area contributed by atoms with Crippen LogP contribution < -0.4 is 10.6 Å². The van der Waals surface area contributed by atoms with Gasteiger partial charge in [0.15, 0.2) is 0 Å². The molecule has 8 heteroatoms. The number of rotatable bonds is 9. The zero-order valence-electron chi connectivity index (χ0n) is 14.8. The number of benzene rings is 1. The van der Waals surface area contributed by atoms with Crippen molar-refractivity contribution in [1.29, 1.82) is 0 Å². The van der Waals surface area contributed by atoms with Crippen molar-refractivity contribution >= 4 is 24.1 Å². The summed E-state index contributed by atoms with van der Waals surface area (Å²) in [6, 6.07) is 11.1. The first-order valence-electron chi connectivity index (χ1n) is 8.39. The summed E-state index contributed by atoms with van der Waals surface area (Å²) in [5.41, 5.74) is 2.25. The van der Waals surface area contributed by atoms with E-state index in [1.807, 2.05) is 30.3 Å². The highest BCUT2D eigenvalue weighted by Crippen LogP contribution is 2.09. The molecule has 2 atom stereocenters. The van der Waals surface area contributed by atoms with Crippen molar-refractivity contribution in [2.45, 2.75) is 31.8 Å². The van der Waals surface area contributed by atoms with Gasteiger partial charge in [-0.05, 0) is 24.6 Å². The van der Waals surface area contributed by atoms with Gasteiger partial charge in [-0.3, -0.25) is 14.4 Å². The smallest absolute Gasteiger partial charge is 0.305 e. The molecule has 27 heavy (non-hydrogen) atoms. The third-order valence-corrected chi connectivity index (χ3v) is 3.86. The van der Waals surface area contributed by atoms with Crippen LogP contribution in [0.25, 0.3) is 0 Å². The predicted molar refractivity (Wildman–Crippen MR) is 97.2 cm³/mol. The molecule has 1 aromatic carbocycles. The normalized spacial score (nSPS) is 12.6. The van der Waals surface area contributed by atoms with Crippen molar-refractivity contribution < 1.29 is 24.3 Å². The van der Waals surface area contributed by atoms with Gasteiger partial charge in [0.2, 0.25) is 5.91 Å². The van der Waals surface area contributed by atoms with E-state index >= 15 is 0 Å². The standard InChI is InChI=1S/C19H21N3O5/c1-12(18(26)22-15(11-23)10-17(24)25)20-19(27)16-8-7-14(21-16)9-13-5-3-2-4-6-13/h2-8,11-12,15,21H,9-10H2,1H3,(H,20,27)(H,22,26)(H,24,25)/t12-,15?/m0/s1. The second kappa shape index (κ2) is 9.33. The molecule has 142 valence electrons. The molecule has 0 spiro atoms. The lowest BCUT2D eigenvalue weighted by atomic mass is 10.1. The third-order valence-electron chi connectivity index (χ3n) is 3.86. The number of amides is 2. The van der Waals surface area contributed by atoms with E-state index in [-0.39, 0.29) is 0 Å². The lowest BCUT2D eigenvalue weighted by Gasteiger charge is -2.16. The number of carboxylic acid groups (broad SMARTS) is 1. The summed E-state index contributed by atoms with van der Waals surface area (Å²) < 4.78 is 0. The van der Waals surface area contributed by atoms with Gasteiger partial charge in [0.05, 0.1) is 12.5 Å². The molecular weight excluding hydrogens is 350 g/mol. The molecule has 0 aliphatic heterocycles. The Hall–Kier alpha value is -3.42. The Morgan fingerprint density at radius 3 is 2.44 bits per heavy atom. The topological polar surface area (TPSA) is 128 Å². The highest BCUT2D eigenvalue weighted by molar-refractivity contribution is 5.96. The Labute approximate surface area is 156 Å². The quantitative estimate of drug-likeness (QED) is 0.487. The minimum absolute atomic E-state index is 0.304. The molecule has 0 bridgehead atoms. The van der Waals surface area contributed by atoms with Gasteiger partial charge < -0.3 is 25.5 Å². The zero-order chi connectivity index (χ0) is 19.8. The number of nitrogens with one attached hydrogen (secondary N) is 3. The second-order valence-corrected chi connectivity index (χ2v) is 6.10. The third kappa shape index (κ3) is 6.10. The van der Waals surface area contributed by atoms with E-state index in [4.69, 9.17) is 5.11 Å². The molecule has 1 heterocycles. The molecule has 2 aromatic rings. The molecule has 0 aliphatic rings. The van der Waals surface area contributed by atoms with Crippen LogP contribution in [0.15, 0.2) is 42.5 Å². The summed E-state index contributed by atoms with van der Waals surface area (Å²) in [4.78, 5) is 48.8. The number of H-pyrrole nitrogens is 1. The number of carboxylic acids is 1. The van der Waals surface area contributed by atoms with E-state index in [1.54, 1.807) is 12.1 Å². The van der Waals surface area contributed by atoms with Crippen LogP contribution in [0.1, 0.15) is 35.1 Å². The number of carbonyl (C=O) groups is 4. The molecule has 0 radical (unpaired) electrons. The molecule has 4 N–H and O–H groups in total. The number of aromatic amines is 1. The molecule has 0 fully saturated rings. The van der Waals surface area contributed by atoms with E-state index < -0.39 is 36.3 Å².